The number of aromatic nitrogens is 1. The highest BCUT2D eigenvalue weighted by atomic mass is 35.5. The van der Waals surface area contributed by atoms with Crippen LogP contribution in [-0.2, 0) is 6.54 Å². The number of nitrogens with zero attached hydrogens (tertiary/aromatic N) is 3. The first-order chi connectivity index (χ1) is 15.6. The average molecular weight is 510 g/mol. The minimum atomic E-state index is -0.193. The molecule has 8 nitrogen and oxygen atoms in total. The number of carbonyl (C=O) groups excluding carboxylic acids is 1. The number of hydrogen-bond donors (Lipinski definition) is 1. The number of aliphatic hydroxyl groups excluding tert-OH is 1. The Bertz CT molecular complexity index is 1150. The number of furan rings is 1. The van der Waals surface area contributed by atoms with Crippen molar-refractivity contribution in [2.24, 2.45) is 0 Å². The summed E-state index contributed by atoms with van der Waals surface area (Å²) in [4.78, 5) is 22.3. The zero-order valence-corrected chi connectivity index (χ0v) is 20.6. The predicted molar refractivity (Wildman–Crippen MR) is 133 cm³/mol. The van der Waals surface area contributed by atoms with E-state index in [1.54, 1.807) is 18.2 Å². The van der Waals surface area contributed by atoms with Gasteiger partial charge in [-0.1, -0.05) is 0 Å². The highest BCUT2D eigenvalue weighted by molar-refractivity contribution is 6.09. The lowest BCUT2D eigenvalue weighted by atomic mass is 10.1. The molecule has 1 saturated heterocycles. The highest BCUT2D eigenvalue weighted by Gasteiger charge is 2.22. The Morgan fingerprint density at radius 3 is 2.47 bits per heavy atom. The van der Waals surface area contributed by atoms with Gasteiger partial charge in [-0.15, -0.1) is 24.8 Å². The minimum absolute atomic E-state index is 0. The summed E-state index contributed by atoms with van der Waals surface area (Å²) < 4.78 is 17.2. The molecule has 2 aromatic heterocycles. The molecule has 4 heterocycles. The van der Waals surface area contributed by atoms with Crippen molar-refractivity contribution in [2.45, 2.75) is 13.5 Å². The maximum atomic E-state index is 13.2. The molecule has 0 bridgehead atoms. The largest absolute Gasteiger partial charge is 0.486 e. The van der Waals surface area contributed by atoms with Gasteiger partial charge in [-0.2, -0.15) is 0 Å². The van der Waals surface area contributed by atoms with Crippen molar-refractivity contribution in [3.05, 3.63) is 53.0 Å². The van der Waals surface area contributed by atoms with Crippen LogP contribution in [0.1, 0.15) is 27.4 Å². The van der Waals surface area contributed by atoms with E-state index in [1.165, 1.54) is 0 Å². The Balaban J connectivity index is 0.00000162. The zero-order valence-electron chi connectivity index (χ0n) is 19.0. The number of piperazine rings is 1. The number of ether oxygens (including phenoxy) is 2. The van der Waals surface area contributed by atoms with Crippen LogP contribution in [0.25, 0.3) is 11.0 Å². The molecule has 0 atom stereocenters. The van der Waals surface area contributed by atoms with E-state index in [2.05, 4.69) is 14.8 Å². The van der Waals surface area contributed by atoms with Gasteiger partial charge in [0.05, 0.1) is 12.3 Å². The maximum Gasteiger partial charge on any atom is 0.228 e. The molecule has 1 N–H and O–H groups in total. The molecule has 1 aromatic carbocycles. The summed E-state index contributed by atoms with van der Waals surface area (Å²) >= 11 is 0. The second-order valence-electron chi connectivity index (χ2n) is 8.25. The molecule has 10 heteroatoms. The van der Waals surface area contributed by atoms with Crippen LogP contribution in [0.3, 0.4) is 0 Å². The molecule has 34 heavy (non-hydrogen) atoms. The lowest BCUT2D eigenvalue weighted by molar-refractivity contribution is 0.101. The number of aryl methyl sites for hydroxylation is 1. The third-order valence-corrected chi connectivity index (χ3v) is 6.12. The van der Waals surface area contributed by atoms with Gasteiger partial charge in [0.1, 0.15) is 13.2 Å². The quantitative estimate of drug-likeness (QED) is 0.507. The van der Waals surface area contributed by atoms with Crippen molar-refractivity contribution in [3.63, 3.8) is 0 Å². The van der Waals surface area contributed by atoms with E-state index in [4.69, 9.17) is 19.0 Å². The van der Waals surface area contributed by atoms with E-state index < -0.39 is 0 Å². The van der Waals surface area contributed by atoms with Gasteiger partial charge in [0, 0.05) is 56.4 Å². The van der Waals surface area contributed by atoms with E-state index in [0.717, 1.165) is 55.9 Å². The zero-order chi connectivity index (χ0) is 22.1. The fourth-order valence-corrected chi connectivity index (χ4v) is 4.32. The number of fused-ring (bicyclic) bond motifs is 2. The normalized spacial score (nSPS) is 16.1. The number of pyridine rings is 1. The highest BCUT2D eigenvalue weighted by Crippen LogP contribution is 2.33. The van der Waals surface area contributed by atoms with Crippen LogP contribution < -0.4 is 9.47 Å². The van der Waals surface area contributed by atoms with E-state index in [-0.39, 0.29) is 37.2 Å². The Labute approximate surface area is 210 Å². The van der Waals surface area contributed by atoms with Crippen LogP contribution in [-0.4, -0.2) is 78.2 Å². The summed E-state index contributed by atoms with van der Waals surface area (Å²) in [6, 6.07) is 7.04. The number of hydrogen-bond acceptors (Lipinski definition) is 8. The smallest absolute Gasteiger partial charge is 0.228 e. The van der Waals surface area contributed by atoms with E-state index in [0.29, 0.717) is 41.6 Å². The molecule has 184 valence electrons. The molecule has 2 aliphatic heterocycles. The summed E-state index contributed by atoms with van der Waals surface area (Å²) in [6.07, 6.45) is 1.88. The first-order valence-corrected chi connectivity index (χ1v) is 11.0. The Hall–Kier alpha value is -2.36. The van der Waals surface area contributed by atoms with Crippen molar-refractivity contribution in [3.8, 4) is 11.5 Å². The number of aliphatic hydroxyl groups is 1. The van der Waals surface area contributed by atoms with Crippen LogP contribution in [0.5, 0.6) is 11.5 Å². The van der Waals surface area contributed by atoms with Crippen molar-refractivity contribution in [1.82, 2.24) is 14.8 Å². The van der Waals surface area contributed by atoms with Gasteiger partial charge in [-0.05, 0) is 36.8 Å². The average Bonchev–Trinajstić information content (AvgIpc) is 3.28. The van der Waals surface area contributed by atoms with Crippen molar-refractivity contribution >= 4 is 41.6 Å². The van der Waals surface area contributed by atoms with Crippen LogP contribution in [0.15, 0.2) is 34.9 Å². The summed E-state index contributed by atoms with van der Waals surface area (Å²) in [5.41, 5.74) is 2.96. The molecular formula is C24H29Cl2N3O5. The summed E-state index contributed by atoms with van der Waals surface area (Å²) in [5.74, 6) is 1.33. The minimum Gasteiger partial charge on any atom is -0.486 e. The van der Waals surface area contributed by atoms with E-state index >= 15 is 0 Å². The molecule has 0 radical (unpaired) electrons. The van der Waals surface area contributed by atoms with Gasteiger partial charge < -0.3 is 19.0 Å². The summed E-state index contributed by atoms with van der Waals surface area (Å²) in [7, 11) is 0. The van der Waals surface area contributed by atoms with Crippen LogP contribution in [0, 0.1) is 6.92 Å². The van der Waals surface area contributed by atoms with Gasteiger partial charge in [-0.3, -0.25) is 19.6 Å². The molecule has 0 spiro atoms. The summed E-state index contributed by atoms with van der Waals surface area (Å²) in [5, 5.41) is 10.1. The van der Waals surface area contributed by atoms with Gasteiger partial charge >= 0.3 is 0 Å². The summed E-state index contributed by atoms with van der Waals surface area (Å²) in [6.45, 7) is 8.24. The van der Waals surface area contributed by atoms with E-state index in [1.807, 2.05) is 19.2 Å². The first-order valence-electron chi connectivity index (χ1n) is 11.0. The lowest BCUT2D eigenvalue weighted by Crippen LogP contribution is -2.46. The molecule has 0 unspecified atom stereocenters. The predicted octanol–water partition coefficient (Wildman–Crippen LogP) is 3.09. The molecule has 0 saturated carbocycles. The van der Waals surface area contributed by atoms with Crippen LogP contribution in [0.4, 0.5) is 0 Å². The van der Waals surface area contributed by atoms with E-state index in [9.17, 15) is 4.79 Å². The third kappa shape index (κ3) is 5.31. The number of carbonyl (C=O) groups is 1. The van der Waals surface area contributed by atoms with Crippen molar-refractivity contribution < 1.29 is 23.8 Å². The second-order valence-corrected chi connectivity index (χ2v) is 8.25. The fourth-order valence-electron chi connectivity index (χ4n) is 4.32. The monoisotopic (exact) mass is 509 g/mol. The molecule has 0 amide bonds. The molecule has 3 aromatic rings. The number of ketones is 1. The topological polar surface area (TPSA) is 88.3 Å². The van der Waals surface area contributed by atoms with Crippen LogP contribution >= 0.6 is 24.8 Å². The number of halogens is 2. The molecular weight excluding hydrogens is 481 g/mol. The van der Waals surface area contributed by atoms with Crippen LogP contribution in [0.2, 0.25) is 0 Å². The Morgan fingerprint density at radius 1 is 1.03 bits per heavy atom. The molecule has 5 rings (SSSR count). The molecule has 0 aliphatic carbocycles. The maximum absolute atomic E-state index is 13.2. The number of rotatable bonds is 6. The molecule has 2 aliphatic rings. The lowest BCUT2D eigenvalue weighted by Gasteiger charge is -2.34. The van der Waals surface area contributed by atoms with Gasteiger partial charge in [0.2, 0.25) is 5.78 Å². The fraction of sp³-hybridized carbons (Fsp3) is 0.417. The number of benzene rings is 1. The molecule has 1 fully saturated rings. The third-order valence-electron chi connectivity index (χ3n) is 6.12. The van der Waals surface area contributed by atoms with Gasteiger partial charge in [0.25, 0.3) is 0 Å². The van der Waals surface area contributed by atoms with Crippen molar-refractivity contribution in [1.29, 1.82) is 0 Å². The van der Waals surface area contributed by atoms with Gasteiger partial charge in [-0.25, -0.2) is 0 Å². The van der Waals surface area contributed by atoms with Gasteiger partial charge in [0.15, 0.2) is 22.8 Å². The Kier molecular flexibility index (Phi) is 8.78. The first kappa shape index (κ1) is 26.2. The standard InChI is InChI=1S/C24H27N3O5.2ClH/c1-16-24-19(18(14-25-16)15-27-6-4-26(5-7-27)8-9-28)13-22(32-24)23(29)17-2-3-20-21(12-17)31-11-10-30-20;;/h2-3,12-14,28H,4-11,15H2,1H3;2*1H. The number of β-amino-alcohol motifs (C(OH)–C–C–N with tert-alkyl or cyclic N) is 1. The SMILES string of the molecule is Cc1ncc(CN2CCN(CCO)CC2)c2cc(C(=O)c3ccc4c(c3)OCCO4)oc12.Cl.Cl. The Morgan fingerprint density at radius 2 is 1.74 bits per heavy atom. The second kappa shape index (κ2) is 11.4. The van der Waals surface area contributed by atoms with Crippen molar-refractivity contribution in [2.75, 3.05) is 52.5 Å².